The van der Waals surface area contributed by atoms with Crippen molar-refractivity contribution in [3.63, 3.8) is 0 Å². The van der Waals surface area contributed by atoms with E-state index in [9.17, 15) is 9.59 Å². The van der Waals surface area contributed by atoms with Gasteiger partial charge in [0.05, 0.1) is 40.2 Å². The third-order valence-corrected chi connectivity index (χ3v) is 5.53. The van der Waals surface area contributed by atoms with E-state index in [1.54, 1.807) is 0 Å². The lowest BCUT2D eigenvalue weighted by molar-refractivity contribution is -0.871. The second-order valence-electron chi connectivity index (χ2n) is 9.68. The zero-order valence-electron chi connectivity index (χ0n) is 19.8. The molecule has 0 spiro atoms. The van der Waals surface area contributed by atoms with Gasteiger partial charge in [-0.25, -0.2) is 0 Å². The van der Waals surface area contributed by atoms with Crippen molar-refractivity contribution < 1.29 is 19.2 Å². The molecule has 0 saturated heterocycles. The first-order chi connectivity index (χ1) is 14.1. The van der Waals surface area contributed by atoms with Gasteiger partial charge in [-0.2, -0.15) is 0 Å². The molecule has 0 aliphatic carbocycles. The number of carboxylic acid groups (broad SMARTS) is 1. The Kier molecular flexibility index (Phi) is 11.7. The molecule has 170 valence electrons. The van der Waals surface area contributed by atoms with Crippen LogP contribution in [0, 0.1) is 13.8 Å². The summed E-state index contributed by atoms with van der Waals surface area (Å²) in [6.45, 7) is 5.01. The van der Waals surface area contributed by atoms with E-state index in [0.29, 0.717) is 17.4 Å². The number of benzene rings is 1. The number of likely N-dealkylation sites (N-methyl/N-ethyl adjacent to an activating group) is 1. The Labute approximate surface area is 183 Å². The molecule has 30 heavy (non-hydrogen) atoms. The molecular weight excluding hydrogens is 376 g/mol. The van der Waals surface area contributed by atoms with Crippen LogP contribution in [0.25, 0.3) is 0 Å². The quantitative estimate of drug-likeness (QED) is 0.322. The van der Waals surface area contributed by atoms with E-state index in [-0.39, 0.29) is 18.4 Å². The minimum Gasteiger partial charge on any atom is -0.481 e. The molecule has 1 aromatic rings. The fourth-order valence-corrected chi connectivity index (χ4v) is 4.05. The third kappa shape index (κ3) is 12.0. The number of nitrogens with zero attached hydrogens (tertiary/aromatic N) is 1. The summed E-state index contributed by atoms with van der Waals surface area (Å²) in [5.41, 5.74) is 4.32. The number of amides is 1. The third-order valence-electron chi connectivity index (χ3n) is 5.53. The summed E-state index contributed by atoms with van der Waals surface area (Å²) in [5, 5.41) is 12.0. The summed E-state index contributed by atoms with van der Waals surface area (Å²) in [5.74, 6) is -0.894. The topological polar surface area (TPSA) is 66.4 Å². The molecule has 0 aliphatic heterocycles. The van der Waals surface area contributed by atoms with Crippen molar-refractivity contribution in [2.45, 2.75) is 84.1 Å². The van der Waals surface area contributed by atoms with Crippen LogP contribution in [0.3, 0.4) is 0 Å². The Balaban J connectivity index is 2.12. The van der Waals surface area contributed by atoms with E-state index >= 15 is 0 Å². The summed E-state index contributed by atoms with van der Waals surface area (Å²) in [4.78, 5) is 23.2. The number of aliphatic carboxylic acids is 1. The number of carboxylic acids is 1. The summed E-state index contributed by atoms with van der Waals surface area (Å²) in [6.07, 6.45) is 9.70. The maximum Gasteiger partial charge on any atom is 0.305 e. The Morgan fingerprint density at radius 1 is 0.933 bits per heavy atom. The maximum absolute atomic E-state index is 12.2. The number of nitrogens with one attached hydrogen (secondary N) is 1. The van der Waals surface area contributed by atoms with Crippen molar-refractivity contribution in [2.75, 3.05) is 27.7 Å². The predicted molar refractivity (Wildman–Crippen MR) is 124 cm³/mol. The van der Waals surface area contributed by atoms with Gasteiger partial charge in [-0.3, -0.25) is 9.59 Å². The first-order valence-electron chi connectivity index (χ1n) is 11.4. The SMILES string of the molecule is Cc1cccc(C)c1CCCCCCCCCC(=O)NC(CC(=O)O)C[N+](C)(C)C. The van der Waals surface area contributed by atoms with Crippen molar-refractivity contribution >= 4 is 11.9 Å². The standard InChI is InChI=1S/C25H42N2O3/c1-20-14-13-15-21(2)23(20)16-11-9-7-6-8-10-12-17-24(28)26-22(18-25(29)30)19-27(3,4)5/h13-15,22H,6-12,16-19H2,1-5H3,(H-,26,28,29,30)/p+1. The Morgan fingerprint density at radius 2 is 1.47 bits per heavy atom. The van der Waals surface area contributed by atoms with E-state index < -0.39 is 5.97 Å². The van der Waals surface area contributed by atoms with Crippen molar-refractivity contribution in [1.82, 2.24) is 5.32 Å². The zero-order chi connectivity index (χ0) is 22.6. The molecule has 0 radical (unpaired) electrons. The van der Waals surface area contributed by atoms with Crippen molar-refractivity contribution in [3.05, 3.63) is 34.9 Å². The van der Waals surface area contributed by atoms with Crippen LogP contribution in [0.15, 0.2) is 18.2 Å². The molecule has 0 fully saturated rings. The largest absolute Gasteiger partial charge is 0.481 e. The second kappa shape index (κ2) is 13.4. The van der Waals surface area contributed by atoms with E-state index in [2.05, 4.69) is 37.4 Å². The molecule has 1 atom stereocenters. The molecule has 0 heterocycles. The monoisotopic (exact) mass is 419 g/mol. The molecule has 0 bridgehead atoms. The number of rotatable bonds is 15. The highest BCUT2D eigenvalue weighted by Crippen LogP contribution is 2.17. The van der Waals surface area contributed by atoms with E-state index in [4.69, 9.17) is 5.11 Å². The highest BCUT2D eigenvalue weighted by atomic mass is 16.4. The number of aryl methyl sites for hydroxylation is 2. The summed E-state index contributed by atoms with van der Waals surface area (Å²) >= 11 is 0. The lowest BCUT2D eigenvalue weighted by atomic mass is 9.97. The van der Waals surface area contributed by atoms with Gasteiger partial charge in [0, 0.05) is 6.42 Å². The van der Waals surface area contributed by atoms with E-state index in [1.165, 1.54) is 48.8 Å². The van der Waals surface area contributed by atoms with Crippen LogP contribution in [-0.4, -0.2) is 55.2 Å². The van der Waals surface area contributed by atoms with E-state index in [1.807, 2.05) is 21.1 Å². The number of unbranched alkanes of at least 4 members (excludes halogenated alkanes) is 6. The lowest BCUT2D eigenvalue weighted by Gasteiger charge is -2.29. The van der Waals surface area contributed by atoms with Gasteiger partial charge < -0.3 is 14.9 Å². The van der Waals surface area contributed by atoms with Crippen molar-refractivity contribution in [3.8, 4) is 0 Å². The summed E-state index contributed by atoms with van der Waals surface area (Å²) in [7, 11) is 6.01. The molecule has 0 saturated carbocycles. The Bertz CT molecular complexity index is 645. The molecule has 5 nitrogen and oxygen atoms in total. The molecule has 0 aliphatic rings. The van der Waals surface area contributed by atoms with Gasteiger partial charge >= 0.3 is 5.97 Å². The molecule has 5 heteroatoms. The average molecular weight is 420 g/mol. The molecule has 2 N–H and O–H groups in total. The Morgan fingerprint density at radius 3 is 2.00 bits per heavy atom. The normalized spacial score (nSPS) is 12.6. The highest BCUT2D eigenvalue weighted by Gasteiger charge is 2.22. The van der Waals surface area contributed by atoms with Crippen molar-refractivity contribution in [1.29, 1.82) is 0 Å². The minimum absolute atomic E-state index is 0.0245. The summed E-state index contributed by atoms with van der Waals surface area (Å²) in [6, 6.07) is 6.21. The van der Waals surface area contributed by atoms with E-state index in [0.717, 1.165) is 19.3 Å². The minimum atomic E-state index is -0.869. The van der Waals surface area contributed by atoms with Gasteiger partial charge in [0.25, 0.3) is 0 Å². The fourth-order valence-electron chi connectivity index (χ4n) is 4.05. The van der Waals surface area contributed by atoms with Gasteiger partial charge in [-0.15, -0.1) is 0 Å². The lowest BCUT2D eigenvalue weighted by Crippen LogP contribution is -2.49. The van der Waals surface area contributed by atoms with Crippen LogP contribution < -0.4 is 5.32 Å². The number of hydrogen-bond acceptors (Lipinski definition) is 2. The molecular formula is C25H43N2O3+. The molecule has 1 unspecified atom stereocenters. The van der Waals surface area contributed by atoms with Gasteiger partial charge in [0.15, 0.2) is 0 Å². The first kappa shape index (κ1) is 26.2. The molecule has 1 rings (SSSR count). The van der Waals surface area contributed by atoms with Crippen LogP contribution >= 0.6 is 0 Å². The van der Waals surface area contributed by atoms with Gasteiger partial charge in [0.1, 0.15) is 0 Å². The van der Waals surface area contributed by atoms with Crippen LogP contribution in [-0.2, 0) is 16.0 Å². The van der Waals surface area contributed by atoms with Gasteiger partial charge in [0.2, 0.25) is 5.91 Å². The summed E-state index contributed by atoms with van der Waals surface area (Å²) < 4.78 is 0.627. The number of hydrogen-bond donors (Lipinski definition) is 2. The number of carbonyl (C=O) groups excluding carboxylic acids is 1. The molecule has 1 amide bonds. The predicted octanol–water partition coefficient (Wildman–Crippen LogP) is 4.63. The highest BCUT2D eigenvalue weighted by molar-refractivity contribution is 5.77. The smallest absolute Gasteiger partial charge is 0.305 e. The first-order valence-corrected chi connectivity index (χ1v) is 11.4. The number of carbonyl (C=O) groups is 2. The van der Waals surface area contributed by atoms with Crippen LogP contribution in [0.5, 0.6) is 0 Å². The molecule has 1 aromatic carbocycles. The van der Waals surface area contributed by atoms with Crippen molar-refractivity contribution in [2.24, 2.45) is 0 Å². The maximum atomic E-state index is 12.2. The second-order valence-corrected chi connectivity index (χ2v) is 9.68. The molecule has 0 aromatic heterocycles. The number of quaternary nitrogens is 1. The average Bonchev–Trinajstić information content (AvgIpc) is 2.60. The van der Waals surface area contributed by atoms with Gasteiger partial charge in [-0.1, -0.05) is 50.3 Å². The van der Waals surface area contributed by atoms with Gasteiger partial charge in [-0.05, 0) is 49.8 Å². The Hall–Kier alpha value is -1.88. The van der Waals surface area contributed by atoms with Crippen LogP contribution in [0.1, 0.15) is 74.5 Å². The fraction of sp³-hybridized carbons (Fsp3) is 0.680. The van der Waals surface area contributed by atoms with Crippen LogP contribution in [0.2, 0.25) is 0 Å². The van der Waals surface area contributed by atoms with Crippen LogP contribution in [0.4, 0.5) is 0 Å². The zero-order valence-corrected chi connectivity index (χ0v) is 19.8.